The summed E-state index contributed by atoms with van der Waals surface area (Å²) in [4.78, 5) is 0. The molecule has 0 fully saturated rings. The number of anilines is 2. The molecule has 8 heteroatoms. The Kier molecular flexibility index (Phi) is 4.28. The van der Waals surface area contributed by atoms with Gasteiger partial charge in [0.25, 0.3) is 0 Å². The maximum Gasteiger partial charge on any atom is 0.416 e. The van der Waals surface area contributed by atoms with Crippen molar-refractivity contribution in [2.24, 2.45) is 0 Å². The fraction of sp³-hybridized carbons (Fsp3) is 0.143. The number of nitrogens with one attached hydrogen (secondary N) is 1. The van der Waals surface area contributed by atoms with Gasteiger partial charge in [-0.15, -0.1) is 0 Å². The fourth-order valence-electron chi connectivity index (χ4n) is 1.73. The molecule has 0 aromatic heterocycles. The van der Waals surface area contributed by atoms with Crippen molar-refractivity contribution in [1.82, 2.24) is 0 Å². The van der Waals surface area contributed by atoms with E-state index in [1.54, 1.807) is 0 Å². The maximum atomic E-state index is 12.6. The van der Waals surface area contributed by atoms with E-state index < -0.39 is 23.5 Å². The summed E-state index contributed by atoms with van der Waals surface area (Å²) in [5.74, 6) is 0. The minimum absolute atomic E-state index is 0.0175. The number of benzene rings is 2. The van der Waals surface area contributed by atoms with Crippen LogP contribution >= 0.6 is 11.6 Å². The summed E-state index contributed by atoms with van der Waals surface area (Å²) in [7, 11) is 0. The summed E-state index contributed by atoms with van der Waals surface area (Å²) in [6.45, 7) is 0. The van der Waals surface area contributed by atoms with Crippen LogP contribution in [0.5, 0.6) is 0 Å². The van der Waals surface area contributed by atoms with Crippen LogP contribution in [0, 0.1) is 0 Å². The van der Waals surface area contributed by atoms with Crippen molar-refractivity contribution in [3.8, 4) is 0 Å². The smallest absolute Gasteiger partial charge is 0.354 e. The molecule has 0 spiro atoms. The second-order valence-electron chi connectivity index (χ2n) is 4.40. The van der Waals surface area contributed by atoms with Crippen LogP contribution in [0.25, 0.3) is 0 Å². The SMILES string of the molecule is FC(F)(F)c1cccc(Nc2cc(C(F)(F)F)ccc2Cl)c1. The first kappa shape index (κ1) is 16.5. The molecule has 1 nitrogen and oxygen atoms in total. The number of hydrogen-bond donors (Lipinski definition) is 1. The molecule has 0 saturated heterocycles. The third-order valence-electron chi connectivity index (χ3n) is 2.76. The van der Waals surface area contributed by atoms with Crippen LogP contribution in [0.2, 0.25) is 5.02 Å². The monoisotopic (exact) mass is 339 g/mol. The first-order chi connectivity index (χ1) is 10.1. The van der Waals surface area contributed by atoms with Crippen LogP contribution < -0.4 is 5.32 Å². The lowest BCUT2D eigenvalue weighted by Gasteiger charge is -2.14. The van der Waals surface area contributed by atoms with Crippen molar-refractivity contribution in [3.63, 3.8) is 0 Å². The van der Waals surface area contributed by atoms with Gasteiger partial charge in [-0.2, -0.15) is 26.3 Å². The summed E-state index contributed by atoms with van der Waals surface area (Å²) in [6, 6.07) is 6.65. The van der Waals surface area contributed by atoms with E-state index in [2.05, 4.69) is 5.32 Å². The van der Waals surface area contributed by atoms with Crippen LogP contribution in [0.1, 0.15) is 11.1 Å². The molecule has 2 rings (SSSR count). The Hall–Kier alpha value is -1.89. The Morgan fingerprint density at radius 1 is 0.773 bits per heavy atom. The van der Waals surface area contributed by atoms with Gasteiger partial charge >= 0.3 is 12.4 Å². The van der Waals surface area contributed by atoms with E-state index in [1.165, 1.54) is 6.07 Å². The normalized spacial score (nSPS) is 12.3. The third kappa shape index (κ3) is 3.85. The van der Waals surface area contributed by atoms with Crippen molar-refractivity contribution in [1.29, 1.82) is 0 Å². The fourth-order valence-corrected chi connectivity index (χ4v) is 1.89. The van der Waals surface area contributed by atoms with Crippen LogP contribution in [-0.2, 0) is 12.4 Å². The van der Waals surface area contributed by atoms with Crippen molar-refractivity contribution in [2.45, 2.75) is 12.4 Å². The molecule has 0 saturated carbocycles. The Bertz CT molecular complexity index is 678. The minimum Gasteiger partial charge on any atom is -0.354 e. The van der Waals surface area contributed by atoms with Gasteiger partial charge in [0.05, 0.1) is 21.8 Å². The lowest BCUT2D eigenvalue weighted by molar-refractivity contribution is -0.138. The van der Waals surface area contributed by atoms with E-state index in [0.717, 1.165) is 36.4 Å². The predicted molar refractivity (Wildman–Crippen MR) is 71.2 cm³/mol. The standard InChI is InChI=1S/C14H8ClF6N/c15-11-5-4-9(14(19,20)21)7-12(11)22-10-3-1-2-8(6-10)13(16,17)18/h1-7,22H. The Morgan fingerprint density at radius 2 is 1.36 bits per heavy atom. The van der Waals surface area contributed by atoms with Crippen LogP contribution in [-0.4, -0.2) is 0 Å². The third-order valence-corrected chi connectivity index (χ3v) is 3.09. The summed E-state index contributed by atoms with van der Waals surface area (Å²) in [5.41, 5.74) is -2.01. The highest BCUT2D eigenvalue weighted by atomic mass is 35.5. The molecule has 0 bridgehead atoms. The van der Waals surface area contributed by atoms with Crippen molar-refractivity contribution in [2.75, 3.05) is 5.32 Å². The zero-order chi connectivity index (χ0) is 16.5. The average molecular weight is 340 g/mol. The van der Waals surface area contributed by atoms with Gasteiger partial charge in [0.15, 0.2) is 0 Å². The number of halogens is 7. The molecule has 0 radical (unpaired) electrons. The van der Waals surface area contributed by atoms with Gasteiger partial charge in [0, 0.05) is 5.69 Å². The van der Waals surface area contributed by atoms with Crippen molar-refractivity contribution >= 4 is 23.0 Å². The van der Waals surface area contributed by atoms with Gasteiger partial charge < -0.3 is 5.32 Å². The van der Waals surface area contributed by atoms with E-state index in [-0.39, 0.29) is 16.4 Å². The Morgan fingerprint density at radius 3 is 1.95 bits per heavy atom. The second kappa shape index (κ2) is 5.72. The maximum absolute atomic E-state index is 12.6. The summed E-state index contributed by atoms with van der Waals surface area (Å²) >= 11 is 5.77. The molecule has 0 unspecified atom stereocenters. The van der Waals surface area contributed by atoms with E-state index >= 15 is 0 Å². The molecule has 22 heavy (non-hydrogen) atoms. The van der Waals surface area contributed by atoms with E-state index in [4.69, 9.17) is 11.6 Å². The quantitative estimate of drug-likeness (QED) is 0.650. The highest BCUT2D eigenvalue weighted by Gasteiger charge is 2.32. The lowest BCUT2D eigenvalue weighted by atomic mass is 10.1. The van der Waals surface area contributed by atoms with E-state index in [1.807, 2.05) is 0 Å². The van der Waals surface area contributed by atoms with Crippen LogP contribution in [0.3, 0.4) is 0 Å². The molecule has 2 aromatic carbocycles. The highest BCUT2D eigenvalue weighted by Crippen LogP contribution is 2.36. The molecule has 0 aliphatic heterocycles. The summed E-state index contributed by atoms with van der Waals surface area (Å²) in [5, 5.41) is 2.43. The largest absolute Gasteiger partial charge is 0.416 e. The van der Waals surface area contributed by atoms with Gasteiger partial charge in [-0.25, -0.2) is 0 Å². The highest BCUT2D eigenvalue weighted by molar-refractivity contribution is 6.33. The van der Waals surface area contributed by atoms with Crippen LogP contribution in [0.15, 0.2) is 42.5 Å². The minimum atomic E-state index is -4.57. The van der Waals surface area contributed by atoms with Gasteiger partial charge in [0.2, 0.25) is 0 Å². The first-order valence-corrected chi connectivity index (χ1v) is 6.26. The molecule has 118 valence electrons. The number of alkyl halides is 6. The first-order valence-electron chi connectivity index (χ1n) is 5.88. The van der Waals surface area contributed by atoms with Crippen molar-refractivity contribution in [3.05, 3.63) is 58.6 Å². The Balaban J connectivity index is 2.35. The van der Waals surface area contributed by atoms with E-state index in [9.17, 15) is 26.3 Å². The average Bonchev–Trinajstić information content (AvgIpc) is 2.39. The molecular formula is C14H8ClF6N. The van der Waals surface area contributed by atoms with E-state index in [0.29, 0.717) is 0 Å². The topological polar surface area (TPSA) is 12.0 Å². The number of hydrogen-bond acceptors (Lipinski definition) is 1. The zero-order valence-electron chi connectivity index (χ0n) is 10.7. The molecule has 0 amide bonds. The molecular weight excluding hydrogens is 332 g/mol. The second-order valence-corrected chi connectivity index (χ2v) is 4.80. The molecule has 0 atom stereocenters. The van der Waals surface area contributed by atoms with Gasteiger partial charge in [0.1, 0.15) is 0 Å². The zero-order valence-corrected chi connectivity index (χ0v) is 11.4. The molecule has 0 aliphatic rings. The molecule has 2 aromatic rings. The van der Waals surface area contributed by atoms with Crippen molar-refractivity contribution < 1.29 is 26.3 Å². The summed E-state index contributed by atoms with van der Waals surface area (Å²) < 4.78 is 75.7. The van der Waals surface area contributed by atoms with Gasteiger partial charge in [-0.3, -0.25) is 0 Å². The molecule has 1 N–H and O–H groups in total. The Labute approximate surface area is 126 Å². The number of rotatable bonds is 2. The predicted octanol–water partition coefficient (Wildman–Crippen LogP) is 6.12. The summed E-state index contributed by atoms with van der Waals surface area (Å²) in [6.07, 6.45) is -9.12. The van der Waals surface area contributed by atoms with Crippen LogP contribution in [0.4, 0.5) is 37.7 Å². The molecule has 0 aliphatic carbocycles. The lowest BCUT2D eigenvalue weighted by Crippen LogP contribution is -2.06. The molecule has 0 heterocycles. The van der Waals surface area contributed by atoms with Gasteiger partial charge in [-0.05, 0) is 36.4 Å². The van der Waals surface area contributed by atoms with Gasteiger partial charge in [-0.1, -0.05) is 17.7 Å².